The molecule has 0 spiro atoms. The van der Waals surface area contributed by atoms with Crippen molar-refractivity contribution >= 4 is 15.4 Å². The molecular formula is C48H42O4Si. The predicted molar refractivity (Wildman–Crippen MR) is 224 cm³/mol. The van der Waals surface area contributed by atoms with E-state index < -0.39 is 0 Å². The molecule has 0 aliphatic rings. The zero-order chi connectivity index (χ0) is 37.3. The maximum absolute atomic E-state index is 9.60. The average Bonchev–Trinajstić information content (AvgIpc) is 3.21. The molecule has 0 atom stereocenters. The fraction of sp³-hybridized carbons (Fsp3) is 0. The second-order valence-electron chi connectivity index (χ2n) is 12.1. The van der Waals surface area contributed by atoms with E-state index in [0.717, 1.165) is 54.4 Å². The Morgan fingerprint density at radius 2 is 0.547 bits per heavy atom. The molecule has 0 fully saturated rings. The topological polar surface area (TPSA) is 80.9 Å². The fourth-order valence-corrected chi connectivity index (χ4v) is 6.12. The van der Waals surface area contributed by atoms with Crippen LogP contribution in [0.1, 0.15) is 0 Å². The van der Waals surface area contributed by atoms with Gasteiger partial charge < -0.3 is 20.4 Å². The van der Waals surface area contributed by atoms with Crippen molar-refractivity contribution in [1.29, 1.82) is 0 Å². The van der Waals surface area contributed by atoms with Gasteiger partial charge in [0, 0.05) is 10.2 Å². The van der Waals surface area contributed by atoms with Crippen molar-refractivity contribution in [1.82, 2.24) is 0 Å². The molecule has 4 N–H and O–H groups in total. The van der Waals surface area contributed by atoms with Crippen molar-refractivity contribution in [3.05, 3.63) is 212 Å². The standard InChI is InChI=1S/C12H12OSi.3C12H10O/c13-11-8-4-7-10(12(11)14)9-5-2-1-3-6-9;3*13-12-8-4-7-11(9-12)10-5-2-1-3-6-10/h1-8,13H,14H3;3*1-9,13H. The molecule has 0 saturated heterocycles. The lowest BCUT2D eigenvalue weighted by Crippen LogP contribution is -2.06. The van der Waals surface area contributed by atoms with E-state index in [1.165, 1.54) is 5.56 Å². The van der Waals surface area contributed by atoms with Crippen LogP contribution in [0.2, 0.25) is 0 Å². The molecule has 0 aliphatic carbocycles. The molecule has 0 aromatic heterocycles. The Hall–Kier alpha value is -6.82. The fourth-order valence-electron chi connectivity index (χ4n) is 5.50. The highest BCUT2D eigenvalue weighted by Gasteiger charge is 2.03. The summed E-state index contributed by atoms with van der Waals surface area (Å²) in [5.41, 5.74) is 8.82. The Bertz CT molecular complexity index is 2090. The van der Waals surface area contributed by atoms with Gasteiger partial charge in [-0.15, -0.1) is 0 Å². The lowest BCUT2D eigenvalue weighted by molar-refractivity contribution is 0.475. The van der Waals surface area contributed by atoms with Crippen LogP contribution in [0, 0.1) is 0 Å². The van der Waals surface area contributed by atoms with Crippen LogP contribution in [0.25, 0.3) is 44.5 Å². The highest BCUT2D eigenvalue weighted by atomic mass is 28.1. The number of benzene rings is 8. The largest absolute Gasteiger partial charge is 0.508 e. The van der Waals surface area contributed by atoms with Gasteiger partial charge in [-0.3, -0.25) is 0 Å². The number of rotatable bonds is 4. The second-order valence-corrected chi connectivity index (χ2v) is 13.1. The minimum Gasteiger partial charge on any atom is -0.508 e. The van der Waals surface area contributed by atoms with E-state index in [1.54, 1.807) is 42.5 Å². The maximum Gasteiger partial charge on any atom is 0.116 e. The molecule has 8 rings (SSSR count). The number of phenols is 4. The summed E-state index contributed by atoms with van der Waals surface area (Å²) in [5, 5.41) is 38.5. The van der Waals surface area contributed by atoms with Gasteiger partial charge in [0.05, 0.1) is 0 Å². The molecule has 53 heavy (non-hydrogen) atoms. The number of hydrogen-bond acceptors (Lipinski definition) is 4. The van der Waals surface area contributed by atoms with E-state index in [-0.39, 0.29) is 0 Å². The van der Waals surface area contributed by atoms with Crippen molar-refractivity contribution in [2.24, 2.45) is 0 Å². The molecule has 0 unspecified atom stereocenters. The molecule has 8 aromatic rings. The third kappa shape index (κ3) is 11.6. The number of phenolic OH excluding ortho intramolecular Hbond substituents is 4. The van der Waals surface area contributed by atoms with Crippen LogP contribution in [0.3, 0.4) is 0 Å². The van der Waals surface area contributed by atoms with Crippen LogP contribution < -0.4 is 5.19 Å². The predicted octanol–water partition coefficient (Wildman–Crippen LogP) is 10.2. The van der Waals surface area contributed by atoms with Crippen LogP contribution >= 0.6 is 0 Å². The summed E-state index contributed by atoms with van der Waals surface area (Å²) < 4.78 is 0. The zero-order valence-electron chi connectivity index (χ0n) is 29.5. The van der Waals surface area contributed by atoms with Crippen molar-refractivity contribution in [2.75, 3.05) is 0 Å². The van der Waals surface area contributed by atoms with Gasteiger partial charge >= 0.3 is 0 Å². The smallest absolute Gasteiger partial charge is 0.116 e. The normalized spacial score (nSPS) is 9.96. The van der Waals surface area contributed by atoms with Gasteiger partial charge in [0.1, 0.15) is 23.0 Å². The Morgan fingerprint density at radius 1 is 0.264 bits per heavy atom. The van der Waals surface area contributed by atoms with Crippen LogP contribution in [-0.4, -0.2) is 30.7 Å². The van der Waals surface area contributed by atoms with E-state index >= 15 is 0 Å². The Balaban J connectivity index is 0.000000136. The molecule has 0 heterocycles. The van der Waals surface area contributed by atoms with E-state index in [0.29, 0.717) is 23.0 Å². The summed E-state index contributed by atoms with van der Waals surface area (Å²) in [6.07, 6.45) is 0. The summed E-state index contributed by atoms with van der Waals surface area (Å²) in [6.45, 7) is 0. The monoisotopic (exact) mass is 710 g/mol. The lowest BCUT2D eigenvalue weighted by atomic mass is 10.1. The van der Waals surface area contributed by atoms with E-state index in [1.807, 2.05) is 152 Å². The Morgan fingerprint density at radius 3 is 0.868 bits per heavy atom. The highest BCUT2D eigenvalue weighted by molar-refractivity contribution is 6.37. The molecule has 0 radical (unpaired) electrons. The van der Waals surface area contributed by atoms with Gasteiger partial charge in [0.25, 0.3) is 0 Å². The minimum atomic E-state index is 0.307. The second kappa shape index (κ2) is 19.5. The summed E-state index contributed by atoms with van der Waals surface area (Å²) in [7, 11) is 0.863. The molecule has 0 bridgehead atoms. The summed E-state index contributed by atoms with van der Waals surface area (Å²) in [4.78, 5) is 0. The molecule has 262 valence electrons. The van der Waals surface area contributed by atoms with Gasteiger partial charge in [-0.25, -0.2) is 0 Å². The van der Waals surface area contributed by atoms with Crippen LogP contribution in [0.4, 0.5) is 0 Å². The Kier molecular flexibility index (Phi) is 13.8. The molecule has 4 nitrogen and oxygen atoms in total. The zero-order valence-corrected chi connectivity index (χ0v) is 31.5. The van der Waals surface area contributed by atoms with Crippen LogP contribution in [0.15, 0.2) is 212 Å². The van der Waals surface area contributed by atoms with Gasteiger partial charge in [-0.1, -0.05) is 170 Å². The molecule has 0 amide bonds. The first kappa shape index (κ1) is 37.4. The summed E-state index contributed by atoms with van der Waals surface area (Å²) in [6, 6.07) is 67.6. The van der Waals surface area contributed by atoms with Crippen molar-refractivity contribution in [3.8, 4) is 67.5 Å². The van der Waals surface area contributed by atoms with Crippen LogP contribution in [0.5, 0.6) is 23.0 Å². The van der Waals surface area contributed by atoms with Crippen molar-refractivity contribution in [3.63, 3.8) is 0 Å². The first-order valence-corrected chi connectivity index (χ1v) is 18.2. The first-order chi connectivity index (χ1) is 25.9. The summed E-state index contributed by atoms with van der Waals surface area (Å²) in [5.74, 6) is 1.34. The van der Waals surface area contributed by atoms with Gasteiger partial charge in [-0.05, 0) is 92.2 Å². The van der Waals surface area contributed by atoms with Crippen LogP contribution in [-0.2, 0) is 0 Å². The lowest BCUT2D eigenvalue weighted by Gasteiger charge is -2.07. The molecule has 5 heteroatoms. The SMILES string of the molecule is Oc1cccc(-c2ccccc2)c1.Oc1cccc(-c2ccccc2)c1.Oc1cccc(-c2ccccc2)c1.Oc1cccc(-c2ccccc2)c1[SiH3]. The molecular weight excluding hydrogens is 669 g/mol. The highest BCUT2D eigenvalue weighted by Crippen LogP contribution is 2.25. The Labute approximate surface area is 314 Å². The van der Waals surface area contributed by atoms with Crippen molar-refractivity contribution < 1.29 is 20.4 Å². The molecule has 0 saturated carbocycles. The number of aromatic hydroxyl groups is 4. The van der Waals surface area contributed by atoms with Gasteiger partial charge in [0.2, 0.25) is 0 Å². The first-order valence-electron chi connectivity index (χ1n) is 17.2. The average molecular weight is 711 g/mol. The van der Waals surface area contributed by atoms with Gasteiger partial charge in [0.15, 0.2) is 0 Å². The number of hydrogen-bond donors (Lipinski definition) is 4. The molecule has 0 aliphatic heterocycles. The summed E-state index contributed by atoms with van der Waals surface area (Å²) >= 11 is 0. The van der Waals surface area contributed by atoms with Gasteiger partial charge in [-0.2, -0.15) is 0 Å². The van der Waals surface area contributed by atoms with E-state index in [9.17, 15) is 20.4 Å². The third-order valence-electron chi connectivity index (χ3n) is 8.25. The minimum absolute atomic E-state index is 0.307. The quantitative estimate of drug-likeness (QED) is 0.137. The maximum atomic E-state index is 9.60. The van der Waals surface area contributed by atoms with Crippen molar-refractivity contribution in [2.45, 2.75) is 0 Å². The van der Waals surface area contributed by atoms with E-state index in [4.69, 9.17) is 0 Å². The molecule has 8 aromatic carbocycles. The van der Waals surface area contributed by atoms with E-state index in [2.05, 4.69) is 18.2 Å². The third-order valence-corrected chi connectivity index (χ3v) is 9.30.